The topological polar surface area (TPSA) is 102 Å². The second kappa shape index (κ2) is 6.74. The molecule has 0 fully saturated rings. The van der Waals surface area contributed by atoms with E-state index < -0.39 is 5.97 Å². The summed E-state index contributed by atoms with van der Waals surface area (Å²) in [7, 11) is 1.48. The second-order valence-electron chi connectivity index (χ2n) is 3.17. The number of esters is 1. The number of hydrogen-bond acceptors (Lipinski definition) is 6. The van der Waals surface area contributed by atoms with Gasteiger partial charge in [-0.05, 0) is 18.6 Å². The second-order valence-corrected chi connectivity index (χ2v) is 3.54. The van der Waals surface area contributed by atoms with Gasteiger partial charge in [-0.2, -0.15) is 5.21 Å². The maximum Gasteiger partial charge on any atom is 0.306 e. The fraction of sp³-hybridized carbons (Fsp3) is 0.625. The summed E-state index contributed by atoms with van der Waals surface area (Å²) >= 11 is 4.85. The van der Waals surface area contributed by atoms with Gasteiger partial charge in [0.15, 0.2) is 6.61 Å². The number of aromatic amines is 1. The zero-order valence-corrected chi connectivity index (χ0v) is 10.1. The molecule has 1 amide bonds. The Morgan fingerprint density at radius 2 is 2.35 bits per heavy atom. The van der Waals surface area contributed by atoms with Crippen molar-refractivity contribution in [3.8, 4) is 0 Å². The number of aromatic nitrogens is 4. The molecule has 0 spiro atoms. The molecular weight excluding hydrogens is 246 g/mol. The number of H-pyrrole nitrogens is 1. The lowest BCUT2D eigenvalue weighted by atomic mass is 10.3. The number of nitrogens with one attached hydrogen (secondary N) is 2. The number of likely N-dealkylation sites (N-methyl/N-ethyl adjacent to an activating group) is 1. The Labute approximate surface area is 102 Å². The van der Waals surface area contributed by atoms with E-state index in [4.69, 9.17) is 17.0 Å². The van der Waals surface area contributed by atoms with Crippen LogP contribution in [0.15, 0.2) is 0 Å². The number of tetrazole rings is 1. The summed E-state index contributed by atoms with van der Waals surface area (Å²) in [4.78, 5) is 22.0. The number of carbonyl (C=O) groups is 2. The van der Waals surface area contributed by atoms with E-state index in [9.17, 15) is 9.59 Å². The highest BCUT2D eigenvalue weighted by Crippen LogP contribution is 1.96. The van der Waals surface area contributed by atoms with Gasteiger partial charge in [-0.3, -0.25) is 9.59 Å². The molecule has 0 unspecified atom stereocenters. The van der Waals surface area contributed by atoms with Crippen LogP contribution >= 0.6 is 12.2 Å². The Morgan fingerprint density at radius 3 is 2.94 bits per heavy atom. The highest BCUT2D eigenvalue weighted by atomic mass is 32.1. The molecule has 0 aliphatic heterocycles. The number of nitrogens with zero attached hydrogens (tertiary/aromatic N) is 3. The quantitative estimate of drug-likeness (QED) is 0.522. The molecule has 1 rings (SSSR count). The van der Waals surface area contributed by atoms with Crippen LogP contribution in [-0.2, 0) is 20.9 Å². The average molecular weight is 259 g/mol. The van der Waals surface area contributed by atoms with Gasteiger partial charge >= 0.3 is 5.97 Å². The number of rotatable bonds is 6. The van der Waals surface area contributed by atoms with E-state index in [1.54, 1.807) is 4.68 Å². The number of hydrogen-bond donors (Lipinski definition) is 2. The smallest absolute Gasteiger partial charge is 0.306 e. The first-order valence-corrected chi connectivity index (χ1v) is 5.38. The van der Waals surface area contributed by atoms with E-state index in [1.807, 2.05) is 0 Å². The van der Waals surface area contributed by atoms with Gasteiger partial charge in [-0.1, -0.05) is 10.3 Å². The van der Waals surface area contributed by atoms with Crippen LogP contribution in [0.1, 0.15) is 12.8 Å². The minimum absolute atomic E-state index is 0.206. The Bertz CT molecular complexity index is 440. The molecular formula is C8H13N5O3S. The zero-order chi connectivity index (χ0) is 12.7. The van der Waals surface area contributed by atoms with E-state index >= 15 is 0 Å². The van der Waals surface area contributed by atoms with Crippen LogP contribution in [0.5, 0.6) is 0 Å². The Hall–Kier alpha value is -1.77. The maximum absolute atomic E-state index is 11.2. The number of aryl methyl sites for hydroxylation is 1. The molecule has 9 heteroatoms. The minimum atomic E-state index is -0.424. The lowest BCUT2D eigenvalue weighted by molar-refractivity contribution is -0.148. The average Bonchev–Trinajstić information content (AvgIpc) is 2.72. The molecule has 0 atom stereocenters. The van der Waals surface area contributed by atoms with Crippen LogP contribution in [-0.4, -0.2) is 45.7 Å². The van der Waals surface area contributed by atoms with Crippen molar-refractivity contribution in [3.63, 3.8) is 0 Å². The van der Waals surface area contributed by atoms with Crippen LogP contribution in [0.2, 0.25) is 0 Å². The Kier molecular flexibility index (Phi) is 5.27. The molecule has 2 N–H and O–H groups in total. The van der Waals surface area contributed by atoms with E-state index in [0.29, 0.717) is 17.7 Å². The van der Waals surface area contributed by atoms with Crippen LogP contribution in [0.3, 0.4) is 0 Å². The van der Waals surface area contributed by atoms with Gasteiger partial charge in [0.25, 0.3) is 5.91 Å². The van der Waals surface area contributed by atoms with E-state index in [2.05, 4.69) is 20.8 Å². The SMILES string of the molecule is CNC(=O)COC(=O)CCCn1[nH]nnc1=S. The molecule has 0 aliphatic rings. The maximum atomic E-state index is 11.2. The largest absolute Gasteiger partial charge is 0.456 e. The summed E-state index contributed by atoms with van der Waals surface area (Å²) in [6, 6.07) is 0. The van der Waals surface area contributed by atoms with Gasteiger partial charge in [0, 0.05) is 20.0 Å². The molecule has 0 radical (unpaired) electrons. The van der Waals surface area contributed by atoms with Crippen molar-refractivity contribution in [1.82, 2.24) is 25.5 Å². The van der Waals surface area contributed by atoms with Crippen molar-refractivity contribution in [1.29, 1.82) is 0 Å². The van der Waals surface area contributed by atoms with Gasteiger partial charge in [-0.25, -0.2) is 4.68 Å². The summed E-state index contributed by atoms with van der Waals surface area (Å²) in [5, 5.41) is 12.0. The summed E-state index contributed by atoms with van der Waals surface area (Å²) in [5.41, 5.74) is 0. The van der Waals surface area contributed by atoms with Crippen molar-refractivity contribution in [3.05, 3.63) is 4.77 Å². The third kappa shape index (κ3) is 4.72. The predicted octanol–water partition coefficient (Wildman–Crippen LogP) is -0.595. The van der Waals surface area contributed by atoms with Crippen LogP contribution in [0, 0.1) is 4.77 Å². The molecule has 0 aliphatic carbocycles. The molecule has 17 heavy (non-hydrogen) atoms. The fourth-order valence-corrected chi connectivity index (χ4v) is 1.21. The molecule has 0 aromatic carbocycles. The number of carbonyl (C=O) groups excluding carboxylic acids is 2. The fourth-order valence-electron chi connectivity index (χ4n) is 1.03. The standard InChI is InChI=1S/C8H13N5O3S/c1-9-6(14)5-16-7(15)3-2-4-13-8(17)10-11-12-13/h2-5H2,1H3,(H,9,14)(H,10,12,17). The van der Waals surface area contributed by atoms with E-state index in [-0.39, 0.29) is 18.9 Å². The van der Waals surface area contributed by atoms with Crippen molar-refractivity contribution in [2.75, 3.05) is 13.7 Å². The number of ether oxygens (including phenoxy) is 1. The molecule has 0 saturated heterocycles. The molecule has 1 aromatic heterocycles. The van der Waals surface area contributed by atoms with Gasteiger partial charge in [-0.15, -0.1) is 0 Å². The molecule has 8 nitrogen and oxygen atoms in total. The molecule has 1 aromatic rings. The van der Waals surface area contributed by atoms with Crippen molar-refractivity contribution in [2.45, 2.75) is 19.4 Å². The summed E-state index contributed by atoms with van der Waals surface area (Å²) < 4.78 is 6.60. The molecule has 0 saturated carbocycles. The summed E-state index contributed by atoms with van der Waals surface area (Å²) in [5.74, 6) is -0.758. The lowest BCUT2D eigenvalue weighted by Gasteiger charge is -2.03. The van der Waals surface area contributed by atoms with Crippen LogP contribution < -0.4 is 5.32 Å². The van der Waals surface area contributed by atoms with E-state index in [0.717, 1.165) is 0 Å². The zero-order valence-electron chi connectivity index (χ0n) is 9.30. The monoisotopic (exact) mass is 259 g/mol. The summed E-state index contributed by atoms with van der Waals surface area (Å²) in [6.45, 7) is 0.251. The van der Waals surface area contributed by atoms with Crippen molar-refractivity contribution >= 4 is 24.1 Å². The first-order chi connectivity index (χ1) is 8.13. The van der Waals surface area contributed by atoms with Crippen molar-refractivity contribution < 1.29 is 14.3 Å². The van der Waals surface area contributed by atoms with Crippen LogP contribution in [0.4, 0.5) is 0 Å². The Morgan fingerprint density at radius 1 is 1.59 bits per heavy atom. The lowest BCUT2D eigenvalue weighted by Crippen LogP contribution is -2.25. The van der Waals surface area contributed by atoms with Gasteiger partial charge in [0.1, 0.15) is 0 Å². The predicted molar refractivity (Wildman–Crippen MR) is 59.5 cm³/mol. The normalized spacial score (nSPS) is 9.94. The highest BCUT2D eigenvalue weighted by molar-refractivity contribution is 7.71. The molecule has 1 heterocycles. The Balaban J connectivity index is 2.19. The molecule has 94 valence electrons. The van der Waals surface area contributed by atoms with Gasteiger partial charge in [0.05, 0.1) is 0 Å². The number of amides is 1. The van der Waals surface area contributed by atoms with Gasteiger partial charge < -0.3 is 10.1 Å². The van der Waals surface area contributed by atoms with Gasteiger partial charge in [0.2, 0.25) is 4.77 Å². The van der Waals surface area contributed by atoms with Crippen LogP contribution in [0.25, 0.3) is 0 Å². The third-order valence-electron chi connectivity index (χ3n) is 1.94. The first kappa shape index (κ1) is 13.3. The summed E-state index contributed by atoms with van der Waals surface area (Å²) in [6.07, 6.45) is 0.739. The van der Waals surface area contributed by atoms with E-state index in [1.165, 1.54) is 7.05 Å². The molecule has 0 bridgehead atoms. The first-order valence-electron chi connectivity index (χ1n) is 4.97. The third-order valence-corrected chi connectivity index (χ3v) is 2.24. The van der Waals surface area contributed by atoms with Crippen molar-refractivity contribution in [2.24, 2.45) is 0 Å². The highest BCUT2D eigenvalue weighted by Gasteiger charge is 2.06. The minimum Gasteiger partial charge on any atom is -0.456 e.